The minimum absolute atomic E-state index is 0.0291. The number of aromatic hydroxyl groups is 1. The molecule has 0 aliphatic heterocycles. The number of aliphatic hydroxyl groups excluding tert-OH is 1. The van der Waals surface area contributed by atoms with E-state index in [0.717, 1.165) is 35.7 Å². The quantitative estimate of drug-likeness (QED) is 0.260. The monoisotopic (exact) mass is 604 g/mol. The summed E-state index contributed by atoms with van der Waals surface area (Å²) in [7, 11) is 0. The zero-order chi connectivity index (χ0) is 33.5. The maximum atomic E-state index is 14.3. The molecule has 1 aromatic rings. The number of benzene rings is 1. The van der Waals surface area contributed by atoms with Crippen molar-refractivity contribution in [2.24, 2.45) is 51.2 Å². The van der Waals surface area contributed by atoms with E-state index < -0.39 is 5.82 Å². The highest BCUT2D eigenvalue weighted by Crippen LogP contribution is 2.73. The third-order valence-corrected chi connectivity index (χ3v) is 12.8. The van der Waals surface area contributed by atoms with Crippen LogP contribution in [-0.2, 0) is 0 Å². The van der Waals surface area contributed by atoms with Crippen LogP contribution in [0, 0.1) is 82.8 Å². The van der Waals surface area contributed by atoms with E-state index in [1.165, 1.54) is 75.5 Å². The molecule has 5 aliphatic rings. The van der Waals surface area contributed by atoms with Gasteiger partial charge in [0.25, 0.3) is 0 Å². The normalized spacial score (nSPS) is 37.2. The second-order valence-corrected chi connectivity index (χ2v) is 14.7. The number of rotatable bonds is 2. The summed E-state index contributed by atoms with van der Waals surface area (Å²) in [6.45, 7) is 19.7. The Morgan fingerprint density at radius 2 is 1.52 bits per heavy atom. The number of aliphatic hydroxyl groups is 1. The van der Waals surface area contributed by atoms with Crippen LogP contribution in [0.2, 0.25) is 0 Å². The van der Waals surface area contributed by atoms with Crippen molar-refractivity contribution >= 4 is 5.57 Å². The molecule has 5 aliphatic carbocycles. The van der Waals surface area contributed by atoms with Crippen molar-refractivity contribution in [2.75, 3.05) is 6.61 Å². The molecule has 3 heteroatoms. The molecule has 0 radical (unpaired) electrons. The van der Waals surface area contributed by atoms with Gasteiger partial charge in [0, 0.05) is 6.61 Å². The van der Waals surface area contributed by atoms with E-state index in [-0.39, 0.29) is 22.0 Å². The van der Waals surface area contributed by atoms with Crippen LogP contribution in [0.4, 0.5) is 4.39 Å². The summed E-state index contributed by atoms with van der Waals surface area (Å²) in [5.74, 6) is 2.88. The van der Waals surface area contributed by atoms with Crippen LogP contribution in [0.5, 0.6) is 5.75 Å². The second-order valence-electron chi connectivity index (χ2n) is 14.7. The molecule has 8 atom stereocenters. The van der Waals surface area contributed by atoms with Gasteiger partial charge in [-0.15, -0.1) is 32.3 Å². The van der Waals surface area contributed by atoms with Gasteiger partial charge in [-0.1, -0.05) is 66.2 Å². The Kier molecular flexibility index (Phi) is 13.0. The minimum atomic E-state index is -0.523. The Bertz CT molecular complexity index is 1170. The second kappa shape index (κ2) is 15.2. The molecular weight excluding hydrogens is 543 g/mol. The molecule has 2 N–H and O–H groups in total. The molecule has 1 aromatic carbocycles. The van der Waals surface area contributed by atoms with Crippen LogP contribution in [0.15, 0.2) is 36.9 Å². The van der Waals surface area contributed by atoms with E-state index in [4.69, 9.17) is 0 Å². The molecule has 0 spiro atoms. The van der Waals surface area contributed by atoms with Crippen molar-refractivity contribution in [2.45, 2.75) is 113 Å². The smallest absolute Gasteiger partial charge is 0.165 e. The molecule has 0 bridgehead atoms. The fourth-order valence-corrected chi connectivity index (χ4v) is 11.4. The molecule has 44 heavy (non-hydrogen) atoms. The van der Waals surface area contributed by atoms with Crippen molar-refractivity contribution in [3.63, 3.8) is 0 Å². The van der Waals surface area contributed by atoms with Crippen molar-refractivity contribution in [3.8, 4) is 31.4 Å². The number of phenols is 1. The highest BCUT2D eigenvalue weighted by molar-refractivity contribution is 5.72. The van der Waals surface area contributed by atoms with Crippen LogP contribution in [0.25, 0.3) is 5.57 Å². The van der Waals surface area contributed by atoms with Crippen LogP contribution >= 0.6 is 0 Å². The fraction of sp³-hybridized carbons (Fsp3) is 0.659. The van der Waals surface area contributed by atoms with Gasteiger partial charge in [-0.05, 0) is 139 Å². The molecule has 4 unspecified atom stereocenters. The zero-order valence-corrected chi connectivity index (χ0v) is 28.8. The lowest BCUT2D eigenvalue weighted by molar-refractivity contribution is -0.181. The van der Waals surface area contributed by atoms with E-state index in [1.807, 2.05) is 26.8 Å². The van der Waals surface area contributed by atoms with Gasteiger partial charge in [0.1, 0.15) is 0 Å². The molecule has 0 heterocycles. The Balaban J connectivity index is 0.000000685. The van der Waals surface area contributed by atoms with Crippen molar-refractivity contribution in [3.05, 3.63) is 48.3 Å². The zero-order valence-electron chi connectivity index (χ0n) is 28.8. The van der Waals surface area contributed by atoms with Crippen LogP contribution in [0.3, 0.4) is 0 Å². The van der Waals surface area contributed by atoms with Gasteiger partial charge >= 0.3 is 0 Å². The number of hydrogen-bond donors (Lipinski definition) is 2. The number of halogens is 1. The van der Waals surface area contributed by atoms with Crippen LogP contribution in [0.1, 0.15) is 118 Å². The highest BCUT2D eigenvalue weighted by atomic mass is 19.1. The first-order chi connectivity index (χ1) is 21.0. The maximum Gasteiger partial charge on any atom is 0.165 e. The van der Waals surface area contributed by atoms with Gasteiger partial charge in [0.05, 0.1) is 0 Å². The molecular formula is C41H61FO2. The summed E-state index contributed by atoms with van der Waals surface area (Å²) in [5, 5.41) is 20.1. The van der Waals surface area contributed by atoms with Crippen LogP contribution < -0.4 is 0 Å². The number of fused-ring (bicyclic) bond motifs is 7. The minimum Gasteiger partial charge on any atom is -0.505 e. The van der Waals surface area contributed by atoms with E-state index in [0.29, 0.717) is 17.9 Å². The predicted molar refractivity (Wildman–Crippen MR) is 186 cm³/mol. The van der Waals surface area contributed by atoms with E-state index in [2.05, 4.69) is 66.0 Å². The van der Waals surface area contributed by atoms with Crippen molar-refractivity contribution in [1.29, 1.82) is 0 Å². The molecule has 2 nitrogen and oxygen atoms in total. The largest absolute Gasteiger partial charge is 0.505 e. The average Bonchev–Trinajstić information content (AvgIpc) is 3.47. The summed E-state index contributed by atoms with van der Waals surface area (Å²) in [4.78, 5) is 0. The Hall–Kier alpha value is -2.49. The number of hydrogen-bond acceptors (Lipinski definition) is 2. The Labute approximate surface area is 270 Å². The summed E-state index contributed by atoms with van der Waals surface area (Å²) in [6.07, 6.45) is 32.9. The summed E-state index contributed by atoms with van der Waals surface area (Å²) in [6, 6.07) is 4.93. The van der Waals surface area contributed by atoms with E-state index in [9.17, 15) is 14.6 Å². The van der Waals surface area contributed by atoms with Crippen molar-refractivity contribution < 1.29 is 14.6 Å². The van der Waals surface area contributed by atoms with Gasteiger partial charge in [-0.2, -0.15) is 0 Å². The third-order valence-electron chi connectivity index (χ3n) is 12.8. The van der Waals surface area contributed by atoms with E-state index in [1.54, 1.807) is 6.08 Å². The third kappa shape index (κ3) is 6.16. The van der Waals surface area contributed by atoms with Gasteiger partial charge in [0.15, 0.2) is 11.6 Å². The lowest BCUT2D eigenvalue weighted by atomic mass is 9.36. The van der Waals surface area contributed by atoms with Gasteiger partial charge < -0.3 is 10.2 Å². The number of phenolic OH excluding ortho intramolecular Hbond substituents is 1. The van der Waals surface area contributed by atoms with Gasteiger partial charge in [0.2, 0.25) is 0 Å². The average molecular weight is 605 g/mol. The van der Waals surface area contributed by atoms with Gasteiger partial charge in [-0.25, -0.2) is 4.39 Å². The maximum absolute atomic E-state index is 14.3. The number of terminal acetylenes is 2. The fourth-order valence-electron chi connectivity index (χ4n) is 11.4. The summed E-state index contributed by atoms with van der Waals surface area (Å²) < 4.78 is 14.3. The van der Waals surface area contributed by atoms with Gasteiger partial charge in [-0.3, -0.25) is 0 Å². The first kappa shape index (κ1) is 37.7. The molecule has 4 saturated carbocycles. The SMILES string of the molecule is C#C.C#C.C=CC.CC.CC1(C)C(c2ccc(O)c(F)c2)=CC[C@@]2(C)C1CC[C@@]1(C)C3CC[C@@]4(CO)CCCC4[C@H]3CCC12. The molecule has 0 saturated heterocycles. The lowest BCUT2D eigenvalue weighted by Crippen LogP contribution is -2.61. The first-order valence-corrected chi connectivity index (χ1v) is 17.0. The summed E-state index contributed by atoms with van der Waals surface area (Å²) >= 11 is 0. The Morgan fingerprint density at radius 3 is 2.11 bits per heavy atom. The summed E-state index contributed by atoms with van der Waals surface area (Å²) in [5.41, 5.74) is 3.05. The Morgan fingerprint density at radius 1 is 0.886 bits per heavy atom. The first-order valence-electron chi connectivity index (χ1n) is 17.0. The molecule has 0 amide bonds. The predicted octanol–water partition coefficient (Wildman–Crippen LogP) is 10.7. The van der Waals surface area contributed by atoms with Crippen LogP contribution in [-0.4, -0.2) is 16.8 Å². The topological polar surface area (TPSA) is 40.5 Å². The number of allylic oxidation sites excluding steroid dienone is 3. The molecule has 0 aromatic heterocycles. The molecule has 6 rings (SSSR count). The molecule has 244 valence electrons. The highest BCUT2D eigenvalue weighted by Gasteiger charge is 2.65. The molecule has 4 fully saturated rings. The standard InChI is InChI=1S/C32H45FO2.C3H6.C2H6.2C2H2/c1-29(2)22(20-7-9-26(35)25(33)18-20)11-15-31(4)27(29)13-16-30(3)23-12-17-32(19-34)14-5-6-24(32)21(23)8-10-28(30)31;1-3-2;3*1-2/h7,9,11,18,21,23-24,27-28,34-35H,5-6,8,10,12-17,19H2,1-4H3;3H,1H2,2H3;1-2H3;2*1-2H/t21-,23?,24?,27?,28?,30-,31-,32+;;;;/m0..../s1. The van der Waals surface area contributed by atoms with Crippen molar-refractivity contribution in [1.82, 2.24) is 0 Å². The van der Waals surface area contributed by atoms with E-state index >= 15 is 0 Å². The lowest BCUT2D eigenvalue weighted by Gasteiger charge is -2.68.